The summed E-state index contributed by atoms with van der Waals surface area (Å²) in [6, 6.07) is 0. The van der Waals surface area contributed by atoms with Crippen LogP contribution in [0.2, 0.25) is 0 Å². The highest BCUT2D eigenvalue weighted by Gasteiger charge is 2.45. The van der Waals surface area contributed by atoms with E-state index in [-0.39, 0.29) is 17.5 Å². The Morgan fingerprint density at radius 3 is 2.75 bits per heavy atom. The molecule has 4 heteroatoms. The highest BCUT2D eigenvalue weighted by Crippen LogP contribution is 2.33. The molecule has 1 heterocycles. The van der Waals surface area contributed by atoms with E-state index in [9.17, 15) is 4.79 Å². The number of amides is 1. The number of hydrogen-bond acceptors (Lipinski definition) is 3. The van der Waals surface area contributed by atoms with Gasteiger partial charge in [0.15, 0.2) is 0 Å². The highest BCUT2D eigenvalue weighted by molar-refractivity contribution is 5.76. The second kappa shape index (κ2) is 2.71. The second-order valence-electron chi connectivity index (χ2n) is 3.88. The lowest BCUT2D eigenvalue weighted by Crippen LogP contribution is -2.29. The predicted octanol–water partition coefficient (Wildman–Crippen LogP) is -0.144. The van der Waals surface area contributed by atoms with E-state index < -0.39 is 0 Å². The van der Waals surface area contributed by atoms with E-state index in [0.29, 0.717) is 0 Å². The van der Waals surface area contributed by atoms with Crippen LogP contribution in [0.1, 0.15) is 32.1 Å². The first-order valence-corrected chi connectivity index (χ1v) is 4.56. The van der Waals surface area contributed by atoms with Crippen LogP contribution in [0.3, 0.4) is 0 Å². The van der Waals surface area contributed by atoms with Gasteiger partial charge in [-0.15, -0.1) is 0 Å². The van der Waals surface area contributed by atoms with Crippen LogP contribution in [-0.2, 0) is 4.79 Å². The number of hydrazine groups is 1. The minimum absolute atomic E-state index is 0.0648. The predicted molar refractivity (Wildman–Crippen MR) is 44.8 cm³/mol. The Kier molecular flexibility index (Phi) is 1.81. The zero-order valence-corrected chi connectivity index (χ0v) is 7.10. The molecule has 1 amide bonds. The van der Waals surface area contributed by atoms with Crippen LogP contribution in [0, 0.1) is 5.92 Å². The Hall–Kier alpha value is -0.610. The van der Waals surface area contributed by atoms with E-state index in [0.717, 1.165) is 25.7 Å². The number of rotatable bonds is 1. The van der Waals surface area contributed by atoms with Gasteiger partial charge in [0.05, 0.1) is 5.66 Å². The van der Waals surface area contributed by atoms with Crippen LogP contribution < -0.4 is 16.6 Å². The molecule has 1 saturated carbocycles. The molecule has 2 fully saturated rings. The lowest BCUT2D eigenvalue weighted by Gasteiger charge is -2.12. The van der Waals surface area contributed by atoms with Crippen molar-refractivity contribution in [1.82, 2.24) is 10.9 Å². The van der Waals surface area contributed by atoms with Crippen LogP contribution >= 0.6 is 0 Å². The molecule has 0 aromatic carbocycles. The Bertz CT molecular complexity index is 200. The fourth-order valence-corrected chi connectivity index (χ4v) is 2.00. The van der Waals surface area contributed by atoms with Crippen LogP contribution in [0.5, 0.6) is 0 Å². The van der Waals surface area contributed by atoms with E-state index in [1.165, 1.54) is 6.42 Å². The van der Waals surface area contributed by atoms with Gasteiger partial charge in [-0.3, -0.25) is 4.79 Å². The van der Waals surface area contributed by atoms with Gasteiger partial charge in [0, 0.05) is 5.92 Å². The minimum atomic E-state index is -0.147. The summed E-state index contributed by atoms with van der Waals surface area (Å²) < 4.78 is 0. The van der Waals surface area contributed by atoms with Crippen molar-refractivity contribution in [1.29, 1.82) is 0 Å². The standard InChI is InChI=1S/C8H15N3O/c9-7(12)6-3-1-2-4-8(5-6)10-11-8/h6,10-11H,1-5H2,(H2,9,12). The smallest absolute Gasteiger partial charge is 0.220 e. The first-order valence-electron chi connectivity index (χ1n) is 4.56. The number of nitrogens with one attached hydrogen (secondary N) is 2. The highest BCUT2D eigenvalue weighted by atomic mass is 16.1. The summed E-state index contributed by atoms with van der Waals surface area (Å²) in [6.07, 6.45) is 5.25. The number of nitrogens with two attached hydrogens (primary N) is 1. The summed E-state index contributed by atoms with van der Waals surface area (Å²) in [7, 11) is 0. The van der Waals surface area contributed by atoms with Crippen molar-refractivity contribution >= 4 is 5.91 Å². The molecule has 0 radical (unpaired) electrons. The largest absolute Gasteiger partial charge is 0.369 e. The molecule has 2 rings (SSSR count). The zero-order chi connectivity index (χ0) is 8.60. The zero-order valence-electron chi connectivity index (χ0n) is 7.10. The van der Waals surface area contributed by atoms with Crippen LogP contribution in [0.4, 0.5) is 0 Å². The van der Waals surface area contributed by atoms with Gasteiger partial charge < -0.3 is 5.73 Å². The Balaban J connectivity index is 2.01. The van der Waals surface area contributed by atoms with E-state index in [1.54, 1.807) is 0 Å². The Labute approximate surface area is 71.9 Å². The lowest BCUT2D eigenvalue weighted by atomic mass is 9.96. The quantitative estimate of drug-likeness (QED) is 0.477. The average Bonchev–Trinajstić information content (AvgIpc) is 2.80. The minimum Gasteiger partial charge on any atom is -0.369 e. The van der Waals surface area contributed by atoms with Gasteiger partial charge in [-0.25, -0.2) is 10.9 Å². The molecule has 1 aliphatic carbocycles. The third-order valence-electron chi connectivity index (χ3n) is 2.88. The Morgan fingerprint density at radius 2 is 2.17 bits per heavy atom. The van der Waals surface area contributed by atoms with Crippen LogP contribution in [-0.4, -0.2) is 11.6 Å². The van der Waals surface area contributed by atoms with Gasteiger partial charge in [0.1, 0.15) is 0 Å². The topological polar surface area (TPSA) is 87.0 Å². The average molecular weight is 169 g/mol. The molecule has 0 bridgehead atoms. The normalized spacial score (nSPS) is 32.8. The molecule has 0 aromatic rings. The summed E-state index contributed by atoms with van der Waals surface area (Å²) in [6.45, 7) is 0. The molecular formula is C8H15N3O. The fraction of sp³-hybridized carbons (Fsp3) is 0.875. The third-order valence-corrected chi connectivity index (χ3v) is 2.88. The SMILES string of the molecule is NC(=O)C1CCCCC2(C1)NN2. The van der Waals surface area contributed by atoms with E-state index in [2.05, 4.69) is 10.9 Å². The molecular weight excluding hydrogens is 154 g/mol. The van der Waals surface area contributed by atoms with Crippen molar-refractivity contribution in [3.63, 3.8) is 0 Å². The summed E-state index contributed by atoms with van der Waals surface area (Å²) in [5.74, 6) is -0.0817. The van der Waals surface area contributed by atoms with Crippen molar-refractivity contribution in [3.8, 4) is 0 Å². The van der Waals surface area contributed by atoms with Crippen molar-refractivity contribution in [2.75, 3.05) is 0 Å². The molecule has 4 nitrogen and oxygen atoms in total. The summed E-state index contributed by atoms with van der Waals surface area (Å²) in [5.41, 5.74) is 11.6. The summed E-state index contributed by atoms with van der Waals surface area (Å²) >= 11 is 0. The van der Waals surface area contributed by atoms with E-state index in [1.807, 2.05) is 0 Å². The maximum atomic E-state index is 11.0. The van der Waals surface area contributed by atoms with Gasteiger partial charge >= 0.3 is 0 Å². The van der Waals surface area contributed by atoms with Crippen LogP contribution in [0.15, 0.2) is 0 Å². The lowest BCUT2D eigenvalue weighted by molar-refractivity contribution is -0.122. The maximum Gasteiger partial charge on any atom is 0.220 e. The second-order valence-corrected chi connectivity index (χ2v) is 3.88. The van der Waals surface area contributed by atoms with Gasteiger partial charge in [-0.1, -0.05) is 12.8 Å². The van der Waals surface area contributed by atoms with Gasteiger partial charge in [0.2, 0.25) is 5.91 Å². The van der Waals surface area contributed by atoms with Crippen molar-refractivity contribution in [2.24, 2.45) is 11.7 Å². The summed E-state index contributed by atoms with van der Waals surface area (Å²) in [4.78, 5) is 11.0. The third kappa shape index (κ3) is 1.44. The fourth-order valence-electron chi connectivity index (χ4n) is 2.00. The molecule has 2 aliphatic rings. The molecule has 68 valence electrons. The molecule has 1 spiro atoms. The molecule has 1 unspecified atom stereocenters. The maximum absolute atomic E-state index is 11.0. The molecule has 1 saturated heterocycles. The van der Waals surface area contributed by atoms with Crippen LogP contribution in [0.25, 0.3) is 0 Å². The number of hydrogen-bond donors (Lipinski definition) is 3. The van der Waals surface area contributed by atoms with Gasteiger partial charge in [0.25, 0.3) is 0 Å². The molecule has 12 heavy (non-hydrogen) atoms. The Morgan fingerprint density at radius 1 is 1.42 bits per heavy atom. The van der Waals surface area contributed by atoms with E-state index >= 15 is 0 Å². The molecule has 1 atom stereocenters. The van der Waals surface area contributed by atoms with Crippen molar-refractivity contribution in [2.45, 2.75) is 37.8 Å². The molecule has 0 aromatic heterocycles. The number of carbonyl (C=O) groups excluding carboxylic acids is 1. The van der Waals surface area contributed by atoms with E-state index in [4.69, 9.17) is 5.73 Å². The monoisotopic (exact) mass is 169 g/mol. The number of carbonyl (C=O) groups is 1. The number of primary amides is 1. The van der Waals surface area contributed by atoms with Crippen molar-refractivity contribution in [3.05, 3.63) is 0 Å². The van der Waals surface area contributed by atoms with Crippen molar-refractivity contribution < 1.29 is 4.79 Å². The molecule has 1 aliphatic heterocycles. The first kappa shape index (κ1) is 8.01. The van der Waals surface area contributed by atoms with Gasteiger partial charge in [-0.2, -0.15) is 0 Å². The summed E-state index contributed by atoms with van der Waals surface area (Å²) in [5, 5.41) is 0. The van der Waals surface area contributed by atoms with Gasteiger partial charge in [-0.05, 0) is 19.3 Å². The first-order chi connectivity index (χ1) is 5.72. The molecule has 4 N–H and O–H groups in total.